The number of carbonyl (C=O) groups excluding carboxylic acids is 2. The summed E-state index contributed by atoms with van der Waals surface area (Å²) in [5.74, 6) is 0.251. The Balaban J connectivity index is 1.62. The van der Waals surface area contributed by atoms with Crippen molar-refractivity contribution in [3.63, 3.8) is 0 Å². The number of carbonyl (C=O) groups is 2. The van der Waals surface area contributed by atoms with Crippen molar-refractivity contribution in [3.05, 3.63) is 98.6 Å². The molecule has 0 saturated carbocycles. The molecule has 0 fully saturated rings. The second-order valence-electron chi connectivity index (χ2n) is 6.64. The average Bonchev–Trinajstić information content (AvgIpc) is 3.31. The van der Waals surface area contributed by atoms with Gasteiger partial charge >= 0.3 is 0 Å². The van der Waals surface area contributed by atoms with Gasteiger partial charge in [0, 0.05) is 10.6 Å². The summed E-state index contributed by atoms with van der Waals surface area (Å²) in [5, 5.41) is 1.93. The average molecular weight is 406 g/mol. The van der Waals surface area contributed by atoms with Crippen molar-refractivity contribution in [2.24, 2.45) is 0 Å². The molecule has 0 radical (unpaired) electrons. The highest BCUT2D eigenvalue weighted by atomic mass is 32.2. The number of imide groups is 1. The smallest absolute Gasteiger partial charge is 0.268 e. The first-order valence-electron chi connectivity index (χ1n) is 9.00. The molecular formula is C23H19NO2S2. The molecule has 1 aliphatic heterocycles. The van der Waals surface area contributed by atoms with Gasteiger partial charge in [-0.25, -0.2) is 0 Å². The van der Waals surface area contributed by atoms with Gasteiger partial charge in [-0.05, 0) is 29.5 Å². The van der Waals surface area contributed by atoms with E-state index in [-0.39, 0.29) is 11.8 Å². The summed E-state index contributed by atoms with van der Waals surface area (Å²) in [6.45, 7) is 2.31. The highest BCUT2D eigenvalue weighted by Crippen LogP contribution is 2.39. The molecule has 28 heavy (non-hydrogen) atoms. The zero-order valence-electron chi connectivity index (χ0n) is 15.4. The van der Waals surface area contributed by atoms with E-state index in [9.17, 15) is 9.59 Å². The minimum absolute atomic E-state index is 0.199. The standard InChI is InChI=1S/C23H19NO2S2/c1-16-9-11-17(12-10-16)14-24-22(25)20(19-8-5-13-27-19)21(23(24)26)28-15-18-6-3-2-4-7-18/h2-13H,14-15H2,1H3. The SMILES string of the molecule is Cc1ccc(CN2C(=O)C(SCc3ccccc3)=C(c3cccs3)C2=O)cc1. The van der Waals surface area contributed by atoms with Crippen LogP contribution in [0, 0.1) is 6.92 Å². The number of thioether (sulfide) groups is 1. The quantitative estimate of drug-likeness (QED) is 0.524. The Labute approximate surface area is 172 Å². The van der Waals surface area contributed by atoms with Crippen LogP contribution in [0.2, 0.25) is 0 Å². The Kier molecular flexibility index (Phi) is 5.46. The summed E-state index contributed by atoms with van der Waals surface area (Å²) in [7, 11) is 0. The lowest BCUT2D eigenvalue weighted by atomic mass is 10.1. The number of rotatable bonds is 6. The largest absolute Gasteiger partial charge is 0.269 e. The number of nitrogens with zero attached hydrogens (tertiary/aromatic N) is 1. The van der Waals surface area contributed by atoms with Crippen molar-refractivity contribution >= 4 is 40.5 Å². The van der Waals surface area contributed by atoms with E-state index in [4.69, 9.17) is 0 Å². The third-order valence-electron chi connectivity index (χ3n) is 4.58. The van der Waals surface area contributed by atoms with E-state index < -0.39 is 0 Å². The fraction of sp³-hybridized carbons (Fsp3) is 0.130. The maximum absolute atomic E-state index is 13.1. The maximum atomic E-state index is 13.1. The highest BCUT2D eigenvalue weighted by molar-refractivity contribution is 8.03. The fourth-order valence-corrected chi connectivity index (χ4v) is 4.99. The van der Waals surface area contributed by atoms with Crippen molar-refractivity contribution in [2.75, 3.05) is 0 Å². The van der Waals surface area contributed by atoms with Crippen molar-refractivity contribution in [1.82, 2.24) is 4.90 Å². The van der Waals surface area contributed by atoms with Crippen LogP contribution in [0.25, 0.3) is 5.57 Å². The van der Waals surface area contributed by atoms with E-state index >= 15 is 0 Å². The Morgan fingerprint density at radius 1 is 0.857 bits per heavy atom. The summed E-state index contributed by atoms with van der Waals surface area (Å²) < 4.78 is 0. The van der Waals surface area contributed by atoms with Gasteiger partial charge in [-0.3, -0.25) is 14.5 Å². The van der Waals surface area contributed by atoms with Crippen LogP contribution in [0.5, 0.6) is 0 Å². The predicted octanol–water partition coefficient (Wildman–Crippen LogP) is 5.27. The van der Waals surface area contributed by atoms with Gasteiger partial charge < -0.3 is 0 Å². The van der Waals surface area contributed by atoms with Gasteiger partial charge in [0.05, 0.1) is 17.0 Å². The minimum Gasteiger partial charge on any atom is -0.269 e. The van der Waals surface area contributed by atoms with Crippen LogP contribution in [0.1, 0.15) is 21.6 Å². The molecule has 0 unspecified atom stereocenters. The van der Waals surface area contributed by atoms with Crippen LogP contribution in [-0.4, -0.2) is 16.7 Å². The van der Waals surface area contributed by atoms with Crippen LogP contribution in [-0.2, 0) is 21.9 Å². The topological polar surface area (TPSA) is 37.4 Å². The normalized spacial score (nSPS) is 14.2. The van der Waals surface area contributed by atoms with Crippen LogP contribution in [0.15, 0.2) is 77.0 Å². The monoisotopic (exact) mass is 405 g/mol. The van der Waals surface area contributed by atoms with Crippen molar-refractivity contribution in [2.45, 2.75) is 19.2 Å². The molecule has 3 nitrogen and oxygen atoms in total. The molecular weight excluding hydrogens is 386 g/mol. The van der Waals surface area contributed by atoms with E-state index in [0.29, 0.717) is 22.8 Å². The molecule has 4 rings (SSSR count). The number of hydrogen-bond acceptors (Lipinski definition) is 4. The van der Waals surface area contributed by atoms with Crippen molar-refractivity contribution < 1.29 is 9.59 Å². The zero-order valence-corrected chi connectivity index (χ0v) is 17.1. The Hall–Kier alpha value is -2.63. The lowest BCUT2D eigenvalue weighted by Crippen LogP contribution is -2.30. The van der Waals surface area contributed by atoms with Crippen LogP contribution in [0.3, 0.4) is 0 Å². The van der Waals surface area contributed by atoms with Crippen LogP contribution < -0.4 is 0 Å². The summed E-state index contributed by atoms with van der Waals surface area (Å²) in [5.41, 5.74) is 3.77. The molecule has 0 N–H and O–H groups in total. The number of thiophene rings is 1. The van der Waals surface area contributed by atoms with Gasteiger partial charge in [0.2, 0.25) is 0 Å². The lowest BCUT2D eigenvalue weighted by Gasteiger charge is -2.15. The first-order chi connectivity index (χ1) is 13.6. The van der Waals surface area contributed by atoms with Gasteiger partial charge in [0.25, 0.3) is 11.8 Å². The van der Waals surface area contributed by atoms with Crippen LogP contribution >= 0.6 is 23.1 Å². The van der Waals surface area contributed by atoms with E-state index in [1.54, 1.807) is 0 Å². The molecule has 2 aromatic carbocycles. The molecule has 5 heteroatoms. The number of amides is 2. The summed E-state index contributed by atoms with van der Waals surface area (Å²) in [4.78, 5) is 29.1. The molecule has 1 aliphatic rings. The second kappa shape index (κ2) is 8.17. The molecule has 0 bridgehead atoms. The van der Waals surface area contributed by atoms with Crippen molar-refractivity contribution in [3.8, 4) is 0 Å². The third-order valence-corrected chi connectivity index (χ3v) is 6.61. The molecule has 140 valence electrons. The second-order valence-corrected chi connectivity index (χ2v) is 8.57. The van der Waals surface area contributed by atoms with Crippen molar-refractivity contribution in [1.29, 1.82) is 0 Å². The van der Waals surface area contributed by atoms with E-state index in [0.717, 1.165) is 21.6 Å². The molecule has 2 amide bonds. The molecule has 1 aromatic heterocycles. The first kappa shape index (κ1) is 18.7. The van der Waals surface area contributed by atoms with Gasteiger partial charge in [-0.15, -0.1) is 23.1 Å². The summed E-state index contributed by atoms with van der Waals surface area (Å²) >= 11 is 2.94. The molecule has 2 heterocycles. The van der Waals surface area contributed by atoms with Gasteiger partial charge in [0.15, 0.2) is 0 Å². The van der Waals surface area contributed by atoms with E-state index in [2.05, 4.69) is 0 Å². The first-order valence-corrected chi connectivity index (χ1v) is 10.9. The van der Waals surface area contributed by atoms with Gasteiger partial charge in [-0.2, -0.15) is 0 Å². The zero-order chi connectivity index (χ0) is 19.5. The number of hydrogen-bond donors (Lipinski definition) is 0. The van der Waals surface area contributed by atoms with Crippen LogP contribution in [0.4, 0.5) is 0 Å². The summed E-state index contributed by atoms with van der Waals surface area (Å²) in [6, 6.07) is 21.7. The molecule has 0 aliphatic carbocycles. The maximum Gasteiger partial charge on any atom is 0.268 e. The van der Waals surface area contributed by atoms with E-state index in [1.165, 1.54) is 28.0 Å². The molecule has 0 spiro atoms. The fourth-order valence-electron chi connectivity index (χ4n) is 3.08. The van der Waals surface area contributed by atoms with Gasteiger partial charge in [0.1, 0.15) is 0 Å². The van der Waals surface area contributed by atoms with Gasteiger partial charge in [-0.1, -0.05) is 66.2 Å². The predicted molar refractivity (Wildman–Crippen MR) is 116 cm³/mol. The Morgan fingerprint density at radius 3 is 2.29 bits per heavy atom. The highest BCUT2D eigenvalue weighted by Gasteiger charge is 2.39. The minimum atomic E-state index is -0.205. The number of benzene rings is 2. The Morgan fingerprint density at radius 2 is 1.61 bits per heavy atom. The molecule has 0 atom stereocenters. The number of aryl methyl sites for hydroxylation is 1. The molecule has 3 aromatic rings. The molecule has 0 saturated heterocycles. The lowest BCUT2D eigenvalue weighted by molar-refractivity contribution is -0.137. The van der Waals surface area contributed by atoms with E-state index in [1.807, 2.05) is 79.0 Å². The third kappa shape index (κ3) is 3.81. The Bertz CT molecular complexity index is 1020. The summed E-state index contributed by atoms with van der Waals surface area (Å²) in [6.07, 6.45) is 0.